The largest absolute Gasteiger partial charge is 0.487 e. The first kappa shape index (κ1) is 19.6. The van der Waals surface area contributed by atoms with Crippen molar-refractivity contribution in [2.75, 3.05) is 18.4 Å². The fraction of sp³-hybridized carbons (Fsp3) is 0.500. The van der Waals surface area contributed by atoms with Gasteiger partial charge in [-0.05, 0) is 57.3 Å². The highest BCUT2D eigenvalue weighted by molar-refractivity contribution is 6.02. The Balaban J connectivity index is 0.00000210. The van der Waals surface area contributed by atoms with Crippen molar-refractivity contribution in [1.29, 1.82) is 0 Å². The monoisotopic (exact) mass is 395 g/mol. The second-order valence-corrected chi connectivity index (χ2v) is 6.84. The van der Waals surface area contributed by atoms with Crippen LogP contribution in [0.4, 0.5) is 10.1 Å². The van der Waals surface area contributed by atoms with Crippen molar-refractivity contribution in [2.24, 2.45) is 0 Å². The molecule has 0 atom stereocenters. The molecule has 1 saturated carbocycles. The van der Waals surface area contributed by atoms with E-state index in [1.165, 1.54) is 6.07 Å². The molecule has 2 aliphatic rings. The lowest BCUT2D eigenvalue weighted by atomic mass is 9.96. The van der Waals surface area contributed by atoms with Crippen LogP contribution in [0.15, 0.2) is 24.4 Å². The molecule has 1 amide bonds. The van der Waals surface area contributed by atoms with Gasteiger partial charge < -0.3 is 15.4 Å². The fourth-order valence-electron chi connectivity index (χ4n) is 3.17. The number of amides is 1. The lowest BCUT2D eigenvalue weighted by molar-refractivity contribution is 0.102. The predicted molar refractivity (Wildman–Crippen MR) is 101 cm³/mol. The van der Waals surface area contributed by atoms with Crippen molar-refractivity contribution < 1.29 is 13.9 Å². The molecule has 4 rings (SSSR count). The first-order chi connectivity index (χ1) is 12.7. The first-order valence-corrected chi connectivity index (χ1v) is 9.09. The minimum Gasteiger partial charge on any atom is -0.487 e. The van der Waals surface area contributed by atoms with Crippen molar-refractivity contribution in [2.45, 2.75) is 44.2 Å². The standard InChI is InChI=1S/C18H22FN5O2.ClH/c19-15-10-12(4-5-17(15)26-14-2-1-3-14)21-18(25)16-11-24(23-22-16)13-6-8-20-9-7-13;/h4-5,10-11,13-14,20H,1-3,6-9H2,(H,21,25);1H. The number of nitrogens with one attached hydrogen (secondary N) is 2. The minimum absolute atomic E-state index is 0. The average molecular weight is 396 g/mol. The van der Waals surface area contributed by atoms with E-state index in [0.717, 1.165) is 45.2 Å². The number of aromatic nitrogens is 3. The second kappa shape index (κ2) is 8.67. The first-order valence-electron chi connectivity index (χ1n) is 9.09. The van der Waals surface area contributed by atoms with Crippen LogP contribution in [0.1, 0.15) is 48.6 Å². The Bertz CT molecular complexity index is 790. The Kier molecular flexibility index (Phi) is 6.28. The topological polar surface area (TPSA) is 81.1 Å². The van der Waals surface area contributed by atoms with E-state index >= 15 is 0 Å². The van der Waals surface area contributed by atoms with Gasteiger partial charge in [0.05, 0.1) is 18.3 Å². The van der Waals surface area contributed by atoms with Crippen LogP contribution in [0.25, 0.3) is 0 Å². The van der Waals surface area contributed by atoms with Crippen molar-refractivity contribution in [3.05, 3.63) is 35.9 Å². The maximum atomic E-state index is 14.2. The number of nitrogens with zero attached hydrogens (tertiary/aromatic N) is 3. The summed E-state index contributed by atoms with van der Waals surface area (Å²) in [4.78, 5) is 12.3. The molecule has 0 radical (unpaired) electrons. The van der Waals surface area contributed by atoms with Gasteiger partial charge in [0.2, 0.25) is 0 Å². The van der Waals surface area contributed by atoms with E-state index in [1.54, 1.807) is 23.0 Å². The molecule has 2 aromatic rings. The molecule has 1 aliphatic carbocycles. The molecule has 27 heavy (non-hydrogen) atoms. The Morgan fingerprint density at radius 1 is 1.26 bits per heavy atom. The van der Waals surface area contributed by atoms with Gasteiger partial charge in [0.1, 0.15) is 0 Å². The molecule has 2 heterocycles. The zero-order chi connectivity index (χ0) is 17.9. The summed E-state index contributed by atoms with van der Waals surface area (Å²) in [6.45, 7) is 1.86. The summed E-state index contributed by atoms with van der Waals surface area (Å²) in [6.07, 6.45) is 6.72. The van der Waals surface area contributed by atoms with E-state index in [-0.39, 0.29) is 36.0 Å². The van der Waals surface area contributed by atoms with E-state index in [4.69, 9.17) is 4.74 Å². The van der Waals surface area contributed by atoms with Crippen LogP contribution in [0.2, 0.25) is 0 Å². The third-order valence-corrected chi connectivity index (χ3v) is 4.96. The van der Waals surface area contributed by atoms with Crippen molar-refractivity contribution in [3.8, 4) is 5.75 Å². The third kappa shape index (κ3) is 4.56. The number of hydrogen-bond acceptors (Lipinski definition) is 5. The Morgan fingerprint density at radius 2 is 2.04 bits per heavy atom. The van der Waals surface area contributed by atoms with Crippen LogP contribution in [0.5, 0.6) is 5.75 Å². The van der Waals surface area contributed by atoms with E-state index in [0.29, 0.717) is 5.69 Å². The molecule has 2 fully saturated rings. The number of rotatable bonds is 5. The molecule has 0 unspecified atom stereocenters. The molecule has 1 aromatic carbocycles. The fourth-order valence-corrected chi connectivity index (χ4v) is 3.17. The predicted octanol–water partition coefficient (Wildman–Crippen LogP) is 2.95. The van der Waals surface area contributed by atoms with Gasteiger partial charge >= 0.3 is 0 Å². The van der Waals surface area contributed by atoms with Gasteiger partial charge in [0, 0.05) is 11.8 Å². The van der Waals surface area contributed by atoms with Gasteiger partial charge in [0.25, 0.3) is 5.91 Å². The van der Waals surface area contributed by atoms with Crippen molar-refractivity contribution >= 4 is 24.0 Å². The summed E-state index contributed by atoms with van der Waals surface area (Å²) >= 11 is 0. The minimum atomic E-state index is -0.479. The molecule has 1 aliphatic heterocycles. The quantitative estimate of drug-likeness (QED) is 0.813. The van der Waals surface area contributed by atoms with Crippen LogP contribution < -0.4 is 15.4 Å². The van der Waals surface area contributed by atoms with Crippen LogP contribution in [-0.4, -0.2) is 40.1 Å². The van der Waals surface area contributed by atoms with Gasteiger partial charge in [-0.2, -0.15) is 0 Å². The third-order valence-electron chi connectivity index (χ3n) is 4.96. The van der Waals surface area contributed by atoms with Gasteiger partial charge in [-0.1, -0.05) is 5.21 Å². The smallest absolute Gasteiger partial charge is 0.277 e. The van der Waals surface area contributed by atoms with E-state index in [2.05, 4.69) is 20.9 Å². The number of hydrogen-bond donors (Lipinski definition) is 2. The van der Waals surface area contributed by atoms with Crippen LogP contribution in [0.3, 0.4) is 0 Å². The molecule has 1 saturated heterocycles. The highest BCUT2D eigenvalue weighted by Crippen LogP contribution is 2.28. The summed E-state index contributed by atoms with van der Waals surface area (Å²) in [7, 11) is 0. The van der Waals surface area contributed by atoms with Crippen molar-refractivity contribution in [1.82, 2.24) is 20.3 Å². The molecular weight excluding hydrogens is 373 g/mol. The van der Waals surface area contributed by atoms with E-state index in [1.807, 2.05) is 0 Å². The highest BCUT2D eigenvalue weighted by Gasteiger charge is 2.21. The number of carbonyl (C=O) groups excluding carboxylic acids is 1. The Labute approximate surface area is 163 Å². The number of halogens is 2. The van der Waals surface area contributed by atoms with Gasteiger partial charge in [0.15, 0.2) is 17.3 Å². The molecule has 9 heteroatoms. The summed E-state index contributed by atoms with van der Waals surface area (Å²) in [6, 6.07) is 4.70. The number of carbonyl (C=O) groups is 1. The summed E-state index contributed by atoms with van der Waals surface area (Å²) in [5, 5.41) is 14.0. The number of benzene rings is 1. The van der Waals surface area contributed by atoms with Gasteiger partial charge in [-0.25, -0.2) is 9.07 Å². The van der Waals surface area contributed by atoms with E-state index < -0.39 is 11.7 Å². The lowest BCUT2D eigenvalue weighted by Gasteiger charge is -2.26. The second-order valence-electron chi connectivity index (χ2n) is 6.84. The van der Waals surface area contributed by atoms with Crippen LogP contribution in [-0.2, 0) is 0 Å². The van der Waals surface area contributed by atoms with Crippen molar-refractivity contribution in [3.63, 3.8) is 0 Å². The van der Waals surface area contributed by atoms with E-state index in [9.17, 15) is 9.18 Å². The maximum Gasteiger partial charge on any atom is 0.277 e. The molecule has 146 valence electrons. The lowest BCUT2D eigenvalue weighted by Crippen LogP contribution is -2.29. The summed E-state index contributed by atoms with van der Waals surface area (Å²) < 4.78 is 21.5. The average Bonchev–Trinajstić information content (AvgIpc) is 3.10. The van der Waals surface area contributed by atoms with Crippen LogP contribution in [0, 0.1) is 5.82 Å². The molecule has 1 aromatic heterocycles. The van der Waals surface area contributed by atoms with Crippen LogP contribution >= 0.6 is 12.4 Å². The Hall–Kier alpha value is -2.19. The Morgan fingerprint density at radius 3 is 2.70 bits per heavy atom. The maximum absolute atomic E-state index is 14.2. The zero-order valence-corrected chi connectivity index (χ0v) is 15.7. The SMILES string of the molecule is Cl.O=C(Nc1ccc(OC2CCC2)c(F)c1)c1cn(C2CCNCC2)nn1. The zero-order valence-electron chi connectivity index (χ0n) is 14.9. The highest BCUT2D eigenvalue weighted by atomic mass is 35.5. The molecule has 2 N–H and O–H groups in total. The molecule has 0 spiro atoms. The number of anilines is 1. The van der Waals surface area contributed by atoms with Gasteiger partial charge in [-0.15, -0.1) is 17.5 Å². The van der Waals surface area contributed by atoms with Gasteiger partial charge in [-0.3, -0.25) is 4.79 Å². The summed E-state index contributed by atoms with van der Waals surface area (Å²) in [5.41, 5.74) is 0.587. The number of ether oxygens (including phenoxy) is 1. The number of piperidine rings is 1. The summed E-state index contributed by atoms with van der Waals surface area (Å²) in [5.74, 6) is -0.658. The molecule has 7 nitrogen and oxygen atoms in total. The molecule has 0 bridgehead atoms. The normalized spacial score (nSPS) is 17.7. The molecular formula is C18H23ClFN5O2.